The molecule has 1 saturated heterocycles. The lowest BCUT2D eigenvalue weighted by atomic mass is 10.3. The second kappa shape index (κ2) is 4.81. The molecule has 1 aromatic heterocycles. The standard InChI is InChI=1S/C8H5Cl3O5S2/c9-4-3-17-5(6(4)18(11,13)14)7(12)16-8(10)1-2-15-8/h3H,1-2H2. The Labute approximate surface area is 121 Å². The molecule has 1 unspecified atom stereocenters. The van der Waals surface area contributed by atoms with Gasteiger partial charge in [0.2, 0.25) is 0 Å². The van der Waals surface area contributed by atoms with Gasteiger partial charge in [0.15, 0.2) is 0 Å². The predicted octanol–water partition coefficient (Wildman–Crippen LogP) is 2.80. The van der Waals surface area contributed by atoms with Gasteiger partial charge in [-0.3, -0.25) is 0 Å². The van der Waals surface area contributed by atoms with E-state index in [4.69, 9.17) is 43.4 Å². The first-order chi connectivity index (χ1) is 8.23. The molecule has 0 N–H and O–H groups in total. The number of hydrogen-bond donors (Lipinski definition) is 0. The van der Waals surface area contributed by atoms with Crippen LogP contribution in [0.5, 0.6) is 0 Å². The first-order valence-electron chi connectivity index (χ1n) is 4.51. The highest BCUT2D eigenvalue weighted by atomic mass is 35.7. The molecule has 1 fully saturated rings. The van der Waals surface area contributed by atoms with Crippen molar-refractivity contribution in [3.63, 3.8) is 0 Å². The van der Waals surface area contributed by atoms with E-state index >= 15 is 0 Å². The molecule has 0 aliphatic carbocycles. The lowest BCUT2D eigenvalue weighted by Gasteiger charge is -2.34. The molecular formula is C8H5Cl3O5S2. The summed E-state index contributed by atoms with van der Waals surface area (Å²) in [6.07, 6.45) is 0.322. The third-order valence-corrected chi connectivity index (χ3v) is 5.47. The van der Waals surface area contributed by atoms with Gasteiger partial charge in [0.1, 0.15) is 9.77 Å². The number of alkyl halides is 1. The lowest BCUT2D eigenvalue weighted by Crippen LogP contribution is -2.42. The SMILES string of the molecule is O=C(OC1(Cl)CCO1)c1scc(Cl)c1S(=O)(=O)Cl. The minimum absolute atomic E-state index is 0.139. The molecule has 10 heteroatoms. The highest BCUT2D eigenvalue weighted by Gasteiger charge is 2.42. The molecule has 1 aliphatic rings. The molecule has 1 atom stereocenters. The van der Waals surface area contributed by atoms with Crippen molar-refractivity contribution in [3.05, 3.63) is 15.3 Å². The van der Waals surface area contributed by atoms with Crippen LogP contribution >= 0.6 is 45.2 Å². The summed E-state index contributed by atoms with van der Waals surface area (Å²) in [7, 11) is 1.05. The van der Waals surface area contributed by atoms with Gasteiger partial charge in [-0.1, -0.05) is 11.6 Å². The Kier molecular flexibility index (Phi) is 3.84. The van der Waals surface area contributed by atoms with Crippen molar-refractivity contribution in [1.82, 2.24) is 0 Å². The summed E-state index contributed by atoms with van der Waals surface area (Å²) in [5, 5.41) is -0.392. The third kappa shape index (κ3) is 2.76. The Morgan fingerprint density at radius 2 is 2.17 bits per heavy atom. The zero-order valence-electron chi connectivity index (χ0n) is 8.48. The molecule has 2 heterocycles. The van der Waals surface area contributed by atoms with Gasteiger partial charge in [-0.25, -0.2) is 13.2 Å². The maximum Gasteiger partial charge on any atom is 0.353 e. The fraction of sp³-hybridized carbons (Fsp3) is 0.375. The van der Waals surface area contributed by atoms with E-state index in [1.807, 2.05) is 0 Å². The molecule has 2 rings (SSSR count). The molecule has 5 nitrogen and oxygen atoms in total. The Balaban J connectivity index is 2.31. The Bertz CT molecular complexity index is 590. The number of esters is 1. The largest absolute Gasteiger partial charge is 0.414 e. The second-order valence-electron chi connectivity index (χ2n) is 3.33. The van der Waals surface area contributed by atoms with Crippen LogP contribution in [0.4, 0.5) is 0 Å². The van der Waals surface area contributed by atoms with Crippen molar-refractivity contribution in [2.75, 3.05) is 6.61 Å². The van der Waals surface area contributed by atoms with Gasteiger partial charge in [-0.2, -0.15) is 0 Å². The van der Waals surface area contributed by atoms with Crippen LogP contribution in [-0.2, 0) is 18.5 Å². The van der Waals surface area contributed by atoms with Crippen LogP contribution in [0.3, 0.4) is 0 Å². The summed E-state index contributed by atoms with van der Waals surface area (Å²) in [5.41, 5.74) is 0. The van der Waals surface area contributed by atoms with Gasteiger partial charge in [0, 0.05) is 16.1 Å². The van der Waals surface area contributed by atoms with Crippen molar-refractivity contribution >= 4 is 60.2 Å². The van der Waals surface area contributed by atoms with Crippen LogP contribution in [0.15, 0.2) is 10.3 Å². The molecular weight excluding hydrogens is 347 g/mol. The first kappa shape index (κ1) is 14.4. The quantitative estimate of drug-likeness (QED) is 0.476. The highest BCUT2D eigenvalue weighted by Crippen LogP contribution is 2.37. The van der Waals surface area contributed by atoms with Crippen molar-refractivity contribution in [1.29, 1.82) is 0 Å². The monoisotopic (exact) mass is 350 g/mol. The Hall–Kier alpha value is -0.0500. The van der Waals surface area contributed by atoms with E-state index in [0.29, 0.717) is 13.0 Å². The molecule has 0 bridgehead atoms. The highest BCUT2D eigenvalue weighted by molar-refractivity contribution is 8.14. The predicted molar refractivity (Wildman–Crippen MR) is 66.9 cm³/mol. The van der Waals surface area contributed by atoms with Gasteiger partial charge in [-0.15, -0.1) is 11.3 Å². The van der Waals surface area contributed by atoms with Crippen molar-refractivity contribution in [3.8, 4) is 0 Å². The molecule has 0 amide bonds. The van der Waals surface area contributed by atoms with Gasteiger partial charge in [0.05, 0.1) is 18.1 Å². The summed E-state index contributed by atoms with van der Waals surface area (Å²) in [4.78, 5) is 11.1. The number of thiophene rings is 1. The van der Waals surface area contributed by atoms with E-state index in [9.17, 15) is 13.2 Å². The third-order valence-electron chi connectivity index (χ3n) is 2.10. The maximum absolute atomic E-state index is 11.8. The van der Waals surface area contributed by atoms with Crippen LogP contribution in [0, 0.1) is 0 Å². The zero-order chi connectivity index (χ0) is 13.6. The zero-order valence-corrected chi connectivity index (χ0v) is 12.4. The van der Waals surface area contributed by atoms with Crippen LogP contribution in [-0.4, -0.2) is 26.2 Å². The molecule has 100 valence electrons. The van der Waals surface area contributed by atoms with Crippen molar-refractivity contribution in [2.45, 2.75) is 16.6 Å². The van der Waals surface area contributed by atoms with E-state index in [-0.39, 0.29) is 9.90 Å². The van der Waals surface area contributed by atoms with Crippen molar-refractivity contribution in [2.24, 2.45) is 0 Å². The number of hydrogen-bond acceptors (Lipinski definition) is 6. The van der Waals surface area contributed by atoms with E-state index in [2.05, 4.69) is 0 Å². The van der Waals surface area contributed by atoms with Gasteiger partial charge in [-0.05, 0) is 11.6 Å². The van der Waals surface area contributed by atoms with Crippen molar-refractivity contribution < 1.29 is 22.7 Å². The van der Waals surface area contributed by atoms with E-state index in [0.717, 1.165) is 11.3 Å². The molecule has 1 aromatic rings. The number of rotatable bonds is 3. The summed E-state index contributed by atoms with van der Waals surface area (Å²) in [6.45, 7) is 0.364. The summed E-state index contributed by atoms with van der Waals surface area (Å²) >= 11 is 12.2. The number of carbonyl (C=O) groups excluding carboxylic acids is 1. The Morgan fingerprint density at radius 3 is 2.61 bits per heavy atom. The fourth-order valence-corrected chi connectivity index (χ4v) is 4.61. The van der Waals surface area contributed by atoms with E-state index < -0.39 is 25.2 Å². The molecule has 1 aliphatic heterocycles. The maximum atomic E-state index is 11.8. The fourth-order valence-electron chi connectivity index (χ4n) is 1.22. The summed E-state index contributed by atoms with van der Waals surface area (Å²) < 4.78 is 32.3. The lowest BCUT2D eigenvalue weighted by molar-refractivity contribution is -0.220. The molecule has 0 spiro atoms. The minimum atomic E-state index is -4.14. The molecule has 0 aromatic carbocycles. The van der Waals surface area contributed by atoms with Crippen LogP contribution in [0.1, 0.15) is 16.1 Å². The van der Waals surface area contributed by atoms with Gasteiger partial charge in [0.25, 0.3) is 14.3 Å². The number of ether oxygens (including phenoxy) is 2. The minimum Gasteiger partial charge on any atom is -0.414 e. The average Bonchev–Trinajstić information content (AvgIpc) is 2.57. The molecule has 0 saturated carbocycles. The van der Waals surface area contributed by atoms with Crippen LogP contribution in [0.25, 0.3) is 0 Å². The Morgan fingerprint density at radius 1 is 1.56 bits per heavy atom. The smallest absolute Gasteiger partial charge is 0.353 e. The van der Waals surface area contributed by atoms with E-state index in [1.165, 1.54) is 5.38 Å². The topological polar surface area (TPSA) is 69.7 Å². The van der Waals surface area contributed by atoms with Crippen LogP contribution < -0.4 is 0 Å². The summed E-state index contributed by atoms with van der Waals surface area (Å²) in [5.74, 6) is -0.944. The number of carbonyl (C=O) groups is 1. The summed E-state index contributed by atoms with van der Waals surface area (Å²) in [6, 6.07) is 0. The average molecular weight is 352 g/mol. The number of halogens is 3. The molecule has 0 radical (unpaired) electrons. The van der Waals surface area contributed by atoms with E-state index in [1.54, 1.807) is 0 Å². The van der Waals surface area contributed by atoms with Gasteiger partial charge >= 0.3 is 5.97 Å². The van der Waals surface area contributed by atoms with Gasteiger partial charge < -0.3 is 9.47 Å². The van der Waals surface area contributed by atoms with Crippen LogP contribution in [0.2, 0.25) is 5.02 Å². The second-order valence-corrected chi connectivity index (χ2v) is 7.69. The normalized spacial score (nSPS) is 23.5. The first-order valence-corrected chi connectivity index (χ1v) is 8.45. The molecule has 18 heavy (non-hydrogen) atoms.